The van der Waals surface area contributed by atoms with Gasteiger partial charge in [0.1, 0.15) is 5.60 Å². The lowest BCUT2D eigenvalue weighted by Gasteiger charge is -2.39. The summed E-state index contributed by atoms with van der Waals surface area (Å²) in [5, 5.41) is 0.890. The van der Waals surface area contributed by atoms with E-state index in [0.29, 0.717) is 0 Å². The second-order valence-corrected chi connectivity index (χ2v) is 7.56. The SMILES string of the molecule is COC(=O)C1(c2ccc3c(ccc[n+]3C(=O)OC(C)(C)C)c2)CCC1. The van der Waals surface area contributed by atoms with Crippen molar-refractivity contribution in [2.75, 3.05) is 7.11 Å². The summed E-state index contributed by atoms with van der Waals surface area (Å²) in [4.78, 5) is 24.7. The highest BCUT2D eigenvalue weighted by Gasteiger charge is 2.47. The Hall–Kier alpha value is -2.43. The number of esters is 1. The second kappa shape index (κ2) is 6.14. The van der Waals surface area contributed by atoms with Gasteiger partial charge in [0, 0.05) is 17.5 Å². The van der Waals surface area contributed by atoms with Crippen LogP contribution in [0.5, 0.6) is 0 Å². The van der Waals surface area contributed by atoms with Crippen LogP contribution >= 0.6 is 0 Å². The van der Waals surface area contributed by atoms with E-state index in [1.54, 1.807) is 6.20 Å². The lowest BCUT2D eigenvalue weighted by atomic mass is 9.64. The van der Waals surface area contributed by atoms with Crippen molar-refractivity contribution in [2.45, 2.75) is 51.0 Å². The smallest absolute Gasteiger partial charge is 0.468 e. The van der Waals surface area contributed by atoms with Gasteiger partial charge in [0.25, 0.3) is 0 Å². The summed E-state index contributed by atoms with van der Waals surface area (Å²) in [6, 6.07) is 9.51. The van der Waals surface area contributed by atoms with Crippen LogP contribution < -0.4 is 4.57 Å². The number of fused-ring (bicyclic) bond motifs is 1. The van der Waals surface area contributed by atoms with Crippen LogP contribution in [0.15, 0.2) is 36.5 Å². The molecule has 0 aliphatic heterocycles. The van der Waals surface area contributed by atoms with E-state index in [0.717, 1.165) is 35.7 Å². The minimum atomic E-state index is -0.562. The molecule has 0 unspecified atom stereocenters. The number of rotatable bonds is 2. The zero-order valence-electron chi connectivity index (χ0n) is 15.2. The predicted molar refractivity (Wildman–Crippen MR) is 93.3 cm³/mol. The Kier molecular flexibility index (Phi) is 4.27. The number of benzene rings is 1. The Labute approximate surface area is 147 Å². The second-order valence-electron chi connectivity index (χ2n) is 7.56. The maximum Gasteiger partial charge on any atom is 0.603 e. The molecule has 3 rings (SSSR count). The van der Waals surface area contributed by atoms with Gasteiger partial charge in [0.15, 0.2) is 6.20 Å². The largest absolute Gasteiger partial charge is 0.603 e. The fraction of sp³-hybridized carbons (Fsp3) is 0.450. The number of nitrogens with zero attached hydrogens (tertiary/aromatic N) is 1. The van der Waals surface area contributed by atoms with E-state index >= 15 is 0 Å². The first kappa shape index (κ1) is 17.4. The topological polar surface area (TPSA) is 56.5 Å². The third kappa shape index (κ3) is 3.11. The van der Waals surface area contributed by atoms with Crippen LogP contribution in [0.4, 0.5) is 4.79 Å². The van der Waals surface area contributed by atoms with Crippen LogP contribution in [0.2, 0.25) is 0 Å². The quantitative estimate of drug-likeness (QED) is 0.619. The number of aromatic nitrogens is 1. The Morgan fingerprint density at radius 3 is 2.44 bits per heavy atom. The molecule has 1 saturated carbocycles. The molecule has 0 atom stereocenters. The van der Waals surface area contributed by atoms with Gasteiger partial charge < -0.3 is 9.47 Å². The molecule has 1 heterocycles. The fourth-order valence-corrected chi connectivity index (χ4v) is 3.32. The third-order valence-electron chi connectivity index (χ3n) is 4.72. The van der Waals surface area contributed by atoms with Crippen molar-refractivity contribution in [3.8, 4) is 0 Å². The zero-order chi connectivity index (χ0) is 18.2. The zero-order valence-corrected chi connectivity index (χ0v) is 15.2. The molecule has 1 aliphatic carbocycles. The lowest BCUT2D eigenvalue weighted by Crippen LogP contribution is -2.47. The fourth-order valence-electron chi connectivity index (χ4n) is 3.32. The average Bonchev–Trinajstić information content (AvgIpc) is 2.51. The van der Waals surface area contributed by atoms with Gasteiger partial charge in [0.05, 0.1) is 12.5 Å². The Morgan fingerprint density at radius 2 is 1.88 bits per heavy atom. The summed E-state index contributed by atoms with van der Waals surface area (Å²) >= 11 is 0. The molecule has 0 radical (unpaired) electrons. The Morgan fingerprint density at radius 1 is 1.16 bits per heavy atom. The van der Waals surface area contributed by atoms with E-state index in [-0.39, 0.29) is 5.97 Å². The molecule has 5 heteroatoms. The van der Waals surface area contributed by atoms with Crippen molar-refractivity contribution in [1.82, 2.24) is 0 Å². The Bertz CT molecular complexity index is 831. The minimum absolute atomic E-state index is 0.186. The minimum Gasteiger partial charge on any atom is -0.468 e. The van der Waals surface area contributed by atoms with Crippen molar-refractivity contribution in [1.29, 1.82) is 0 Å². The van der Waals surface area contributed by atoms with Crippen LogP contribution in [-0.2, 0) is 19.7 Å². The number of pyridine rings is 1. The van der Waals surface area contributed by atoms with Gasteiger partial charge in [-0.25, -0.2) is 0 Å². The molecule has 0 N–H and O–H groups in total. The highest BCUT2D eigenvalue weighted by Crippen LogP contribution is 2.45. The van der Waals surface area contributed by atoms with Gasteiger partial charge in [0.2, 0.25) is 5.52 Å². The van der Waals surface area contributed by atoms with Crippen molar-refractivity contribution >= 4 is 23.0 Å². The van der Waals surface area contributed by atoms with Crippen molar-refractivity contribution in [2.24, 2.45) is 0 Å². The molecule has 0 saturated heterocycles. The van der Waals surface area contributed by atoms with Gasteiger partial charge >= 0.3 is 12.1 Å². The molecule has 5 nitrogen and oxygen atoms in total. The number of carbonyl (C=O) groups excluding carboxylic acids is 2. The van der Waals surface area contributed by atoms with Crippen LogP contribution in [-0.4, -0.2) is 24.8 Å². The van der Waals surface area contributed by atoms with Crippen molar-refractivity contribution in [3.63, 3.8) is 0 Å². The highest BCUT2D eigenvalue weighted by atomic mass is 16.6. The van der Waals surface area contributed by atoms with Crippen molar-refractivity contribution in [3.05, 3.63) is 42.1 Å². The predicted octanol–water partition coefficient (Wildman–Crippen LogP) is 3.51. The number of carbonyl (C=O) groups is 2. The number of hydrogen-bond acceptors (Lipinski definition) is 4. The van der Waals surface area contributed by atoms with Crippen LogP contribution in [0.3, 0.4) is 0 Å². The first-order valence-electron chi connectivity index (χ1n) is 8.53. The molecule has 0 amide bonds. The van der Waals surface area contributed by atoms with Gasteiger partial charge in [-0.2, -0.15) is 4.79 Å². The van der Waals surface area contributed by atoms with Crippen LogP contribution in [0.1, 0.15) is 45.6 Å². The molecular weight excluding hydrogens is 318 g/mol. The van der Waals surface area contributed by atoms with E-state index in [1.165, 1.54) is 11.7 Å². The maximum absolute atomic E-state index is 12.4. The molecule has 1 aromatic heterocycles. The van der Waals surface area contributed by atoms with Gasteiger partial charge in [-0.05, 0) is 51.3 Å². The van der Waals surface area contributed by atoms with Gasteiger partial charge in [-0.3, -0.25) is 4.79 Å². The standard InChI is InChI=1S/C20H24NO4/c1-19(2,3)25-18(23)21-12-5-7-14-13-15(8-9-16(14)21)20(10-6-11-20)17(22)24-4/h5,7-9,12-13H,6,10-11H2,1-4H3/q+1. The molecule has 1 aromatic carbocycles. The molecule has 0 bridgehead atoms. The van der Waals surface area contributed by atoms with Gasteiger partial charge in [-0.15, -0.1) is 0 Å². The van der Waals surface area contributed by atoms with E-state index in [4.69, 9.17) is 9.47 Å². The summed E-state index contributed by atoms with van der Waals surface area (Å²) in [5.74, 6) is -0.186. The summed E-state index contributed by atoms with van der Waals surface area (Å²) < 4.78 is 12.0. The molecule has 1 aliphatic rings. The Balaban J connectivity index is 2.03. The van der Waals surface area contributed by atoms with Gasteiger partial charge in [-0.1, -0.05) is 17.1 Å². The molecule has 0 spiro atoms. The number of methoxy groups -OCH3 is 1. The number of hydrogen-bond donors (Lipinski definition) is 0. The van der Waals surface area contributed by atoms with E-state index in [9.17, 15) is 9.59 Å². The highest BCUT2D eigenvalue weighted by molar-refractivity contribution is 5.87. The number of ether oxygens (including phenoxy) is 2. The van der Waals surface area contributed by atoms with E-state index < -0.39 is 17.1 Å². The summed E-state index contributed by atoms with van der Waals surface area (Å²) in [6.45, 7) is 5.52. The maximum atomic E-state index is 12.4. The molecule has 2 aromatic rings. The molecule has 1 fully saturated rings. The van der Waals surface area contributed by atoms with Crippen LogP contribution in [0.25, 0.3) is 10.9 Å². The first-order valence-corrected chi connectivity index (χ1v) is 8.53. The van der Waals surface area contributed by atoms with Crippen molar-refractivity contribution < 1.29 is 23.6 Å². The summed E-state index contributed by atoms with van der Waals surface area (Å²) in [5.41, 5.74) is 0.586. The molecule has 132 valence electrons. The summed E-state index contributed by atoms with van der Waals surface area (Å²) in [7, 11) is 1.43. The van der Waals surface area contributed by atoms with Crippen LogP contribution in [0, 0.1) is 0 Å². The van der Waals surface area contributed by atoms with E-state index in [1.807, 2.05) is 51.1 Å². The monoisotopic (exact) mass is 342 g/mol. The molecule has 25 heavy (non-hydrogen) atoms. The lowest BCUT2D eigenvalue weighted by molar-refractivity contribution is -0.561. The summed E-state index contributed by atoms with van der Waals surface area (Å²) in [6.07, 6.45) is 3.88. The third-order valence-corrected chi connectivity index (χ3v) is 4.72. The first-order chi connectivity index (χ1) is 11.8. The average molecular weight is 342 g/mol. The molecular formula is C20H24NO4+. The normalized spacial score (nSPS) is 16.2. The van der Waals surface area contributed by atoms with E-state index in [2.05, 4.69) is 0 Å².